The predicted molar refractivity (Wildman–Crippen MR) is 72.9 cm³/mol. The Hall–Kier alpha value is -2.39. The van der Waals surface area contributed by atoms with Gasteiger partial charge in [-0.2, -0.15) is 4.98 Å². The highest BCUT2D eigenvalue weighted by Gasteiger charge is 2.19. The molecular weight excluding hydrogens is 322 g/mol. The Labute approximate surface area is 124 Å². The third-order valence-corrected chi connectivity index (χ3v) is 3.91. The molecule has 0 saturated heterocycles. The molecule has 10 heteroatoms. The van der Waals surface area contributed by atoms with Crippen LogP contribution in [0.25, 0.3) is 0 Å². The molecule has 21 heavy (non-hydrogen) atoms. The Morgan fingerprint density at radius 1 is 1.29 bits per heavy atom. The first-order chi connectivity index (χ1) is 9.79. The van der Waals surface area contributed by atoms with Gasteiger partial charge in [0.1, 0.15) is 17.1 Å². The molecular formula is C11H8ClN3O5S. The summed E-state index contributed by atoms with van der Waals surface area (Å²) >= 11 is 5.54. The fourth-order valence-electron chi connectivity index (χ4n) is 1.44. The second kappa shape index (κ2) is 5.54. The number of aromatic nitrogens is 2. The lowest BCUT2D eigenvalue weighted by molar-refractivity contribution is 0.0693. The molecule has 1 aromatic heterocycles. The summed E-state index contributed by atoms with van der Waals surface area (Å²) in [6.45, 7) is 0. The number of halogens is 1. The summed E-state index contributed by atoms with van der Waals surface area (Å²) in [4.78, 5) is 17.8. The molecule has 0 atom stereocenters. The van der Waals surface area contributed by atoms with Gasteiger partial charge >= 0.3 is 5.97 Å². The smallest absolute Gasteiger partial charge is 0.339 e. The molecule has 0 unspecified atom stereocenters. The molecule has 0 aliphatic rings. The molecule has 3 N–H and O–H groups in total. The number of nitrogens with one attached hydrogen (secondary N) is 1. The van der Waals surface area contributed by atoms with Crippen molar-refractivity contribution < 1.29 is 23.4 Å². The van der Waals surface area contributed by atoms with Crippen LogP contribution in [-0.4, -0.2) is 34.6 Å². The van der Waals surface area contributed by atoms with E-state index in [0.29, 0.717) is 0 Å². The zero-order valence-corrected chi connectivity index (χ0v) is 11.8. The predicted octanol–water partition coefficient (Wildman–Crippen LogP) is 1.33. The summed E-state index contributed by atoms with van der Waals surface area (Å²) in [7, 11) is -4.08. The Morgan fingerprint density at radius 2 is 2.00 bits per heavy atom. The van der Waals surface area contributed by atoms with Gasteiger partial charge in [-0.1, -0.05) is 0 Å². The second-order valence-corrected chi connectivity index (χ2v) is 5.82. The maximum atomic E-state index is 12.1. The number of hydrogen-bond acceptors (Lipinski definition) is 6. The minimum atomic E-state index is -4.08. The van der Waals surface area contributed by atoms with E-state index < -0.39 is 27.3 Å². The van der Waals surface area contributed by atoms with Gasteiger partial charge in [0.25, 0.3) is 10.0 Å². The van der Waals surface area contributed by atoms with Gasteiger partial charge in [-0.05, 0) is 35.9 Å². The van der Waals surface area contributed by atoms with E-state index in [0.717, 1.165) is 18.2 Å². The SMILES string of the molecule is O=C(O)c1cc(S(=O)(=O)Nc2ccnc(Cl)n2)ccc1O. The molecule has 0 radical (unpaired) electrons. The Kier molecular flexibility index (Phi) is 3.96. The molecule has 1 heterocycles. The number of aromatic hydroxyl groups is 1. The van der Waals surface area contributed by atoms with Crippen molar-refractivity contribution in [3.05, 3.63) is 41.3 Å². The molecule has 110 valence electrons. The van der Waals surface area contributed by atoms with E-state index in [9.17, 15) is 18.3 Å². The van der Waals surface area contributed by atoms with Crippen LogP contribution < -0.4 is 4.72 Å². The largest absolute Gasteiger partial charge is 0.507 e. The molecule has 8 nitrogen and oxygen atoms in total. The molecule has 0 aliphatic heterocycles. The van der Waals surface area contributed by atoms with Crippen molar-refractivity contribution >= 4 is 33.4 Å². The average Bonchev–Trinajstić information content (AvgIpc) is 2.38. The number of sulfonamides is 1. The summed E-state index contributed by atoms with van der Waals surface area (Å²) in [5.74, 6) is -2.05. The van der Waals surface area contributed by atoms with Crippen molar-refractivity contribution in [3.8, 4) is 5.75 Å². The molecule has 1 aromatic carbocycles. The quantitative estimate of drug-likeness (QED) is 0.721. The Morgan fingerprint density at radius 3 is 2.62 bits per heavy atom. The highest BCUT2D eigenvalue weighted by Crippen LogP contribution is 2.22. The van der Waals surface area contributed by atoms with Gasteiger partial charge in [0.2, 0.25) is 5.28 Å². The van der Waals surface area contributed by atoms with Crippen LogP contribution in [0.15, 0.2) is 35.4 Å². The fraction of sp³-hybridized carbons (Fsp3) is 0. The summed E-state index contributed by atoms with van der Waals surface area (Å²) in [6, 6.07) is 4.16. The molecule has 0 bridgehead atoms. The van der Waals surface area contributed by atoms with E-state index in [1.165, 1.54) is 12.3 Å². The van der Waals surface area contributed by atoms with Gasteiger partial charge in [-0.3, -0.25) is 4.72 Å². The van der Waals surface area contributed by atoms with E-state index in [-0.39, 0.29) is 16.0 Å². The standard InChI is InChI=1S/C11H8ClN3O5S/c12-11-13-4-3-9(14-11)15-21(19,20)6-1-2-8(16)7(5-6)10(17)18/h1-5,16H,(H,17,18)(H,13,14,15). The highest BCUT2D eigenvalue weighted by molar-refractivity contribution is 7.92. The van der Waals surface area contributed by atoms with Gasteiger partial charge in [-0.25, -0.2) is 18.2 Å². The number of benzene rings is 1. The topological polar surface area (TPSA) is 129 Å². The number of rotatable bonds is 4. The highest BCUT2D eigenvalue weighted by atomic mass is 35.5. The van der Waals surface area contributed by atoms with Crippen LogP contribution in [-0.2, 0) is 10.0 Å². The first kappa shape index (κ1) is 15.0. The van der Waals surface area contributed by atoms with Crippen molar-refractivity contribution in [3.63, 3.8) is 0 Å². The normalized spacial score (nSPS) is 11.1. The lowest BCUT2D eigenvalue weighted by Gasteiger charge is -2.08. The van der Waals surface area contributed by atoms with Gasteiger partial charge in [-0.15, -0.1) is 0 Å². The number of phenols is 1. The van der Waals surface area contributed by atoms with Crippen LogP contribution in [0.3, 0.4) is 0 Å². The Balaban J connectivity index is 2.40. The molecule has 0 fully saturated rings. The van der Waals surface area contributed by atoms with Gasteiger partial charge in [0.05, 0.1) is 4.90 Å². The van der Waals surface area contributed by atoms with Crippen molar-refractivity contribution in [2.24, 2.45) is 0 Å². The second-order valence-electron chi connectivity index (χ2n) is 3.80. The Bertz CT molecular complexity index is 809. The van der Waals surface area contributed by atoms with Crippen LogP contribution in [0, 0.1) is 0 Å². The van der Waals surface area contributed by atoms with Crippen LogP contribution in [0.5, 0.6) is 5.75 Å². The lowest BCUT2D eigenvalue weighted by Crippen LogP contribution is -2.14. The van der Waals surface area contributed by atoms with Crippen molar-refractivity contribution in [1.82, 2.24) is 9.97 Å². The van der Waals surface area contributed by atoms with Crippen LogP contribution in [0.1, 0.15) is 10.4 Å². The summed E-state index contributed by atoms with van der Waals surface area (Å²) in [5, 5.41) is 18.1. The fourth-order valence-corrected chi connectivity index (χ4v) is 2.62. The van der Waals surface area contributed by atoms with E-state index in [2.05, 4.69) is 14.7 Å². The van der Waals surface area contributed by atoms with Crippen LogP contribution in [0.4, 0.5) is 5.82 Å². The molecule has 2 rings (SSSR count). The molecule has 0 saturated carbocycles. The third-order valence-electron chi connectivity index (χ3n) is 2.37. The average molecular weight is 330 g/mol. The van der Waals surface area contributed by atoms with E-state index in [1.807, 2.05) is 0 Å². The van der Waals surface area contributed by atoms with Gasteiger partial charge in [0, 0.05) is 6.20 Å². The number of hydrogen-bond donors (Lipinski definition) is 3. The minimum Gasteiger partial charge on any atom is -0.507 e. The zero-order chi connectivity index (χ0) is 15.6. The summed E-state index contributed by atoms with van der Waals surface area (Å²) in [6.07, 6.45) is 1.26. The number of aromatic carboxylic acids is 1. The summed E-state index contributed by atoms with van der Waals surface area (Å²) < 4.78 is 26.3. The number of carbonyl (C=O) groups is 1. The number of nitrogens with zero attached hydrogens (tertiary/aromatic N) is 2. The van der Waals surface area contributed by atoms with E-state index in [1.54, 1.807) is 0 Å². The molecule has 2 aromatic rings. The van der Waals surface area contributed by atoms with Gasteiger partial charge in [0.15, 0.2) is 0 Å². The van der Waals surface area contributed by atoms with Crippen molar-refractivity contribution in [1.29, 1.82) is 0 Å². The van der Waals surface area contributed by atoms with Crippen LogP contribution in [0.2, 0.25) is 5.28 Å². The van der Waals surface area contributed by atoms with Crippen molar-refractivity contribution in [2.75, 3.05) is 4.72 Å². The van der Waals surface area contributed by atoms with E-state index in [4.69, 9.17) is 16.7 Å². The van der Waals surface area contributed by atoms with E-state index >= 15 is 0 Å². The lowest BCUT2D eigenvalue weighted by atomic mass is 10.2. The minimum absolute atomic E-state index is 0.0695. The maximum Gasteiger partial charge on any atom is 0.339 e. The van der Waals surface area contributed by atoms with Crippen molar-refractivity contribution in [2.45, 2.75) is 4.90 Å². The number of anilines is 1. The monoisotopic (exact) mass is 329 g/mol. The molecule has 0 amide bonds. The number of carboxylic acid groups (broad SMARTS) is 1. The maximum absolute atomic E-state index is 12.1. The first-order valence-electron chi connectivity index (χ1n) is 5.37. The number of carboxylic acids is 1. The van der Waals surface area contributed by atoms with Crippen LogP contribution >= 0.6 is 11.6 Å². The van der Waals surface area contributed by atoms with Gasteiger partial charge < -0.3 is 10.2 Å². The summed E-state index contributed by atoms with van der Waals surface area (Å²) in [5.41, 5.74) is -0.529. The zero-order valence-electron chi connectivity index (χ0n) is 10.2. The first-order valence-corrected chi connectivity index (χ1v) is 7.23. The molecule has 0 spiro atoms. The molecule has 0 aliphatic carbocycles. The third kappa shape index (κ3) is 3.38.